The van der Waals surface area contributed by atoms with Gasteiger partial charge in [0.15, 0.2) is 0 Å². The second kappa shape index (κ2) is 6.39. The highest BCUT2D eigenvalue weighted by Crippen LogP contribution is 2.19. The molecule has 0 saturated carbocycles. The van der Waals surface area contributed by atoms with Gasteiger partial charge in [0, 0.05) is 24.1 Å². The summed E-state index contributed by atoms with van der Waals surface area (Å²) in [6.45, 7) is 9.88. The number of aryl methyl sites for hydroxylation is 1. The summed E-state index contributed by atoms with van der Waals surface area (Å²) in [7, 11) is 0. The summed E-state index contributed by atoms with van der Waals surface area (Å²) in [6, 6.07) is 0. The summed E-state index contributed by atoms with van der Waals surface area (Å²) in [6.07, 6.45) is 1.79. The molecule has 116 valence electrons. The van der Waals surface area contributed by atoms with Gasteiger partial charge in [-0.2, -0.15) is 0 Å². The molecule has 1 amide bonds. The SMILES string of the molecule is Cc1nc2c(c(NCC(=O)NC(C)(C)C)n1)CCNCC2. The highest BCUT2D eigenvalue weighted by Gasteiger charge is 2.17. The summed E-state index contributed by atoms with van der Waals surface area (Å²) < 4.78 is 0. The second-order valence-corrected chi connectivity index (χ2v) is 6.45. The van der Waals surface area contributed by atoms with Gasteiger partial charge in [0.25, 0.3) is 0 Å². The first-order chi connectivity index (χ1) is 9.85. The smallest absolute Gasteiger partial charge is 0.239 e. The molecule has 0 bridgehead atoms. The van der Waals surface area contributed by atoms with Crippen LogP contribution in [0.15, 0.2) is 0 Å². The van der Waals surface area contributed by atoms with Crippen LogP contribution in [0.4, 0.5) is 5.82 Å². The Bertz CT molecular complexity index is 522. The van der Waals surface area contributed by atoms with E-state index in [1.165, 1.54) is 0 Å². The molecule has 2 rings (SSSR count). The first-order valence-corrected chi connectivity index (χ1v) is 7.47. The second-order valence-electron chi connectivity index (χ2n) is 6.45. The van der Waals surface area contributed by atoms with Crippen LogP contribution in [-0.2, 0) is 17.6 Å². The van der Waals surface area contributed by atoms with E-state index in [0.29, 0.717) is 0 Å². The molecule has 0 saturated heterocycles. The fraction of sp³-hybridized carbons (Fsp3) is 0.667. The minimum atomic E-state index is -0.221. The van der Waals surface area contributed by atoms with Gasteiger partial charge in [-0.25, -0.2) is 9.97 Å². The fourth-order valence-corrected chi connectivity index (χ4v) is 2.44. The van der Waals surface area contributed by atoms with Gasteiger partial charge in [-0.05, 0) is 40.7 Å². The van der Waals surface area contributed by atoms with Gasteiger partial charge >= 0.3 is 0 Å². The molecule has 0 spiro atoms. The number of amides is 1. The number of hydrogen-bond donors (Lipinski definition) is 3. The topological polar surface area (TPSA) is 78.9 Å². The van der Waals surface area contributed by atoms with Crippen LogP contribution in [0.1, 0.15) is 37.9 Å². The molecule has 21 heavy (non-hydrogen) atoms. The lowest BCUT2D eigenvalue weighted by Crippen LogP contribution is -2.43. The maximum absolute atomic E-state index is 11.9. The van der Waals surface area contributed by atoms with Crippen molar-refractivity contribution in [2.24, 2.45) is 0 Å². The lowest BCUT2D eigenvalue weighted by molar-refractivity contribution is -0.120. The quantitative estimate of drug-likeness (QED) is 0.768. The molecule has 3 N–H and O–H groups in total. The Morgan fingerprint density at radius 1 is 1.24 bits per heavy atom. The number of carbonyl (C=O) groups is 1. The molecule has 0 fully saturated rings. The minimum Gasteiger partial charge on any atom is -0.361 e. The molecule has 0 radical (unpaired) electrons. The first kappa shape index (κ1) is 15.7. The van der Waals surface area contributed by atoms with Crippen molar-refractivity contribution >= 4 is 11.7 Å². The van der Waals surface area contributed by atoms with Gasteiger partial charge in [0.1, 0.15) is 11.6 Å². The molecule has 2 heterocycles. The molecule has 1 aromatic heterocycles. The third kappa shape index (κ3) is 4.67. The standard InChI is InChI=1S/C15H25N5O/c1-10-18-12-6-8-16-7-5-11(12)14(19-10)17-9-13(21)20-15(2,3)4/h16H,5-9H2,1-4H3,(H,20,21)(H,17,18,19). The van der Waals surface area contributed by atoms with Crippen molar-refractivity contribution in [1.29, 1.82) is 0 Å². The lowest BCUT2D eigenvalue weighted by Gasteiger charge is -2.21. The Morgan fingerprint density at radius 3 is 2.67 bits per heavy atom. The predicted octanol–water partition coefficient (Wildman–Crippen LogP) is 0.800. The van der Waals surface area contributed by atoms with Crippen molar-refractivity contribution in [3.63, 3.8) is 0 Å². The maximum atomic E-state index is 11.9. The summed E-state index contributed by atoms with van der Waals surface area (Å²) in [5, 5.41) is 9.47. The monoisotopic (exact) mass is 291 g/mol. The maximum Gasteiger partial charge on any atom is 0.239 e. The van der Waals surface area contributed by atoms with Crippen molar-refractivity contribution in [3.05, 3.63) is 17.1 Å². The van der Waals surface area contributed by atoms with Crippen LogP contribution in [0.5, 0.6) is 0 Å². The Hall–Kier alpha value is -1.69. The molecule has 0 aromatic carbocycles. The highest BCUT2D eigenvalue weighted by molar-refractivity contribution is 5.81. The van der Waals surface area contributed by atoms with Crippen molar-refractivity contribution in [2.75, 3.05) is 25.0 Å². The predicted molar refractivity (Wildman–Crippen MR) is 83.4 cm³/mol. The van der Waals surface area contributed by atoms with Crippen molar-refractivity contribution in [3.8, 4) is 0 Å². The summed E-state index contributed by atoms with van der Waals surface area (Å²) in [4.78, 5) is 20.9. The third-order valence-electron chi connectivity index (χ3n) is 3.23. The number of fused-ring (bicyclic) bond motifs is 1. The van der Waals surface area contributed by atoms with E-state index < -0.39 is 0 Å². The van der Waals surface area contributed by atoms with Crippen LogP contribution in [0.3, 0.4) is 0 Å². The van der Waals surface area contributed by atoms with Crippen molar-refractivity contribution in [2.45, 2.75) is 46.1 Å². The minimum absolute atomic E-state index is 0.0285. The van der Waals surface area contributed by atoms with Gasteiger partial charge in [-0.3, -0.25) is 4.79 Å². The van der Waals surface area contributed by atoms with Crippen LogP contribution >= 0.6 is 0 Å². The normalized spacial score (nSPS) is 15.0. The van der Waals surface area contributed by atoms with Crippen LogP contribution in [-0.4, -0.2) is 41.0 Å². The van der Waals surface area contributed by atoms with Crippen LogP contribution < -0.4 is 16.0 Å². The highest BCUT2D eigenvalue weighted by atomic mass is 16.2. The average molecular weight is 291 g/mol. The van der Waals surface area contributed by atoms with E-state index in [0.717, 1.165) is 48.8 Å². The van der Waals surface area contributed by atoms with E-state index in [-0.39, 0.29) is 18.0 Å². The lowest BCUT2D eigenvalue weighted by atomic mass is 10.1. The molecular formula is C15H25N5O. The van der Waals surface area contributed by atoms with Crippen LogP contribution in [0.2, 0.25) is 0 Å². The van der Waals surface area contributed by atoms with Crippen molar-refractivity contribution < 1.29 is 4.79 Å². The summed E-state index contributed by atoms with van der Waals surface area (Å²) in [5.74, 6) is 1.51. The summed E-state index contributed by atoms with van der Waals surface area (Å²) in [5.41, 5.74) is 2.00. The Kier molecular flexibility index (Phi) is 4.77. The number of nitrogens with zero attached hydrogens (tertiary/aromatic N) is 2. The van der Waals surface area contributed by atoms with E-state index in [1.807, 2.05) is 27.7 Å². The van der Waals surface area contributed by atoms with Gasteiger partial charge in [0.2, 0.25) is 5.91 Å². The Labute approximate surface area is 126 Å². The van der Waals surface area contributed by atoms with E-state index in [1.54, 1.807) is 0 Å². The average Bonchev–Trinajstić information content (AvgIpc) is 2.58. The molecule has 6 nitrogen and oxygen atoms in total. The zero-order valence-corrected chi connectivity index (χ0v) is 13.3. The molecule has 1 aliphatic heterocycles. The van der Waals surface area contributed by atoms with E-state index >= 15 is 0 Å². The molecule has 1 aliphatic rings. The summed E-state index contributed by atoms with van der Waals surface area (Å²) >= 11 is 0. The number of hydrogen-bond acceptors (Lipinski definition) is 5. The van der Waals surface area contributed by atoms with Gasteiger partial charge in [-0.15, -0.1) is 0 Å². The number of nitrogens with one attached hydrogen (secondary N) is 3. The number of rotatable bonds is 3. The van der Waals surface area contributed by atoms with Gasteiger partial charge < -0.3 is 16.0 Å². The van der Waals surface area contributed by atoms with Crippen LogP contribution in [0.25, 0.3) is 0 Å². The van der Waals surface area contributed by atoms with E-state index in [4.69, 9.17) is 0 Å². The Morgan fingerprint density at radius 2 is 1.95 bits per heavy atom. The molecule has 0 aliphatic carbocycles. The largest absolute Gasteiger partial charge is 0.361 e. The molecule has 0 atom stereocenters. The fourth-order valence-electron chi connectivity index (χ4n) is 2.44. The zero-order valence-electron chi connectivity index (χ0n) is 13.3. The van der Waals surface area contributed by atoms with E-state index in [9.17, 15) is 4.79 Å². The zero-order chi connectivity index (χ0) is 15.5. The number of carbonyl (C=O) groups excluding carboxylic acids is 1. The first-order valence-electron chi connectivity index (χ1n) is 7.47. The number of aromatic nitrogens is 2. The molecule has 0 unspecified atom stereocenters. The van der Waals surface area contributed by atoms with Crippen LogP contribution in [0, 0.1) is 6.92 Å². The van der Waals surface area contributed by atoms with Gasteiger partial charge in [-0.1, -0.05) is 0 Å². The third-order valence-corrected chi connectivity index (χ3v) is 3.23. The Balaban J connectivity index is 2.09. The molecule has 1 aromatic rings. The molecular weight excluding hydrogens is 266 g/mol. The van der Waals surface area contributed by atoms with Crippen molar-refractivity contribution in [1.82, 2.24) is 20.6 Å². The number of anilines is 1. The van der Waals surface area contributed by atoms with E-state index in [2.05, 4.69) is 25.9 Å². The molecule has 6 heteroatoms. The van der Waals surface area contributed by atoms with Gasteiger partial charge in [0.05, 0.1) is 12.2 Å².